The summed E-state index contributed by atoms with van der Waals surface area (Å²) in [7, 11) is 1.28. The lowest BCUT2D eigenvalue weighted by atomic mass is 10.2. The minimum atomic E-state index is -0.565. The molecular formula is C14H20N2O4. The Hall–Kier alpha value is -2.08. The number of anilines is 2. The number of methoxy groups -OCH3 is 1. The monoisotopic (exact) mass is 280 g/mol. The first-order valence-electron chi connectivity index (χ1n) is 6.19. The molecule has 110 valence electrons. The zero-order valence-corrected chi connectivity index (χ0v) is 12.1. The van der Waals surface area contributed by atoms with Gasteiger partial charge in [-0.2, -0.15) is 0 Å². The predicted molar refractivity (Wildman–Crippen MR) is 76.8 cm³/mol. The molecule has 20 heavy (non-hydrogen) atoms. The minimum Gasteiger partial charge on any atom is -0.453 e. The average molecular weight is 280 g/mol. The van der Waals surface area contributed by atoms with Crippen molar-refractivity contribution in [1.29, 1.82) is 0 Å². The number of hydrogen-bond acceptors (Lipinski definition) is 4. The van der Waals surface area contributed by atoms with Crippen LogP contribution in [0.2, 0.25) is 0 Å². The Kier molecular flexibility index (Phi) is 5.52. The van der Waals surface area contributed by atoms with Gasteiger partial charge in [-0.3, -0.25) is 10.1 Å². The fourth-order valence-electron chi connectivity index (χ4n) is 1.32. The van der Waals surface area contributed by atoms with Crippen molar-refractivity contribution in [3.05, 3.63) is 24.3 Å². The summed E-state index contributed by atoms with van der Waals surface area (Å²) in [5, 5.41) is 5.21. The van der Waals surface area contributed by atoms with Gasteiger partial charge >= 0.3 is 6.09 Å². The van der Waals surface area contributed by atoms with Crippen molar-refractivity contribution in [2.24, 2.45) is 0 Å². The first-order chi connectivity index (χ1) is 9.30. The number of ether oxygens (including phenoxy) is 2. The van der Waals surface area contributed by atoms with Gasteiger partial charge in [0, 0.05) is 11.4 Å². The van der Waals surface area contributed by atoms with Crippen LogP contribution >= 0.6 is 0 Å². The molecule has 0 aromatic heterocycles. The molecule has 0 aliphatic carbocycles. The lowest BCUT2D eigenvalue weighted by Crippen LogP contribution is -2.27. The maximum absolute atomic E-state index is 11.7. The SMILES string of the molecule is COC(=O)Nc1cccc(NC(=O)COC(C)(C)C)c1. The molecule has 0 radical (unpaired) electrons. The number of amides is 2. The van der Waals surface area contributed by atoms with Crippen LogP contribution in [0.1, 0.15) is 20.8 Å². The third-order valence-corrected chi connectivity index (χ3v) is 2.21. The topological polar surface area (TPSA) is 76.7 Å². The van der Waals surface area contributed by atoms with Crippen molar-refractivity contribution < 1.29 is 19.1 Å². The Bertz CT molecular complexity index is 480. The van der Waals surface area contributed by atoms with Crippen LogP contribution in [0.4, 0.5) is 16.2 Å². The van der Waals surface area contributed by atoms with Gasteiger partial charge in [-0.15, -0.1) is 0 Å². The molecule has 1 aromatic rings. The summed E-state index contributed by atoms with van der Waals surface area (Å²) in [6, 6.07) is 6.76. The van der Waals surface area contributed by atoms with E-state index in [4.69, 9.17) is 4.74 Å². The van der Waals surface area contributed by atoms with Crippen LogP contribution in [0.5, 0.6) is 0 Å². The fraction of sp³-hybridized carbons (Fsp3) is 0.429. The summed E-state index contributed by atoms with van der Waals surface area (Å²) >= 11 is 0. The van der Waals surface area contributed by atoms with E-state index < -0.39 is 6.09 Å². The minimum absolute atomic E-state index is 0.0296. The Morgan fingerprint density at radius 2 is 1.75 bits per heavy atom. The van der Waals surface area contributed by atoms with Crippen molar-refractivity contribution in [3.8, 4) is 0 Å². The fourth-order valence-corrected chi connectivity index (χ4v) is 1.32. The summed E-state index contributed by atoms with van der Waals surface area (Å²) in [5.41, 5.74) is 0.735. The van der Waals surface area contributed by atoms with Gasteiger partial charge in [0.2, 0.25) is 5.91 Å². The van der Waals surface area contributed by atoms with Gasteiger partial charge in [0.25, 0.3) is 0 Å². The summed E-state index contributed by atoms with van der Waals surface area (Å²) in [5.74, 6) is -0.254. The molecule has 1 aromatic carbocycles. The average Bonchev–Trinajstić information content (AvgIpc) is 2.36. The smallest absolute Gasteiger partial charge is 0.411 e. The largest absolute Gasteiger partial charge is 0.453 e. The Balaban J connectivity index is 2.57. The zero-order valence-electron chi connectivity index (χ0n) is 12.1. The number of carbonyl (C=O) groups excluding carboxylic acids is 2. The molecular weight excluding hydrogens is 260 g/mol. The Labute approximate surface area is 118 Å². The van der Waals surface area contributed by atoms with Crippen molar-refractivity contribution in [3.63, 3.8) is 0 Å². The number of carbonyl (C=O) groups is 2. The maximum Gasteiger partial charge on any atom is 0.411 e. The maximum atomic E-state index is 11.7. The van der Waals surface area contributed by atoms with Gasteiger partial charge in [0.15, 0.2) is 0 Å². The van der Waals surface area contributed by atoms with Gasteiger partial charge in [0.1, 0.15) is 6.61 Å². The first kappa shape index (κ1) is 16.0. The highest BCUT2D eigenvalue weighted by atomic mass is 16.5. The molecule has 0 aliphatic rings. The third-order valence-electron chi connectivity index (χ3n) is 2.21. The van der Waals surface area contributed by atoms with Crippen LogP contribution in [-0.2, 0) is 14.3 Å². The first-order valence-corrected chi connectivity index (χ1v) is 6.19. The van der Waals surface area contributed by atoms with Crippen LogP contribution in [0.3, 0.4) is 0 Å². The lowest BCUT2D eigenvalue weighted by molar-refractivity contribution is -0.125. The third kappa shape index (κ3) is 6.19. The van der Waals surface area contributed by atoms with E-state index in [2.05, 4.69) is 15.4 Å². The van der Waals surface area contributed by atoms with Gasteiger partial charge in [-0.05, 0) is 39.0 Å². The second-order valence-corrected chi connectivity index (χ2v) is 5.15. The normalized spacial score (nSPS) is 10.8. The van der Waals surface area contributed by atoms with E-state index in [1.54, 1.807) is 24.3 Å². The molecule has 0 unspecified atom stereocenters. The van der Waals surface area contributed by atoms with Crippen LogP contribution in [0.15, 0.2) is 24.3 Å². The molecule has 0 saturated carbocycles. The van der Waals surface area contributed by atoms with E-state index in [1.807, 2.05) is 20.8 Å². The van der Waals surface area contributed by atoms with E-state index in [0.29, 0.717) is 11.4 Å². The van der Waals surface area contributed by atoms with E-state index in [-0.39, 0.29) is 18.1 Å². The summed E-state index contributed by atoms with van der Waals surface area (Å²) in [6.45, 7) is 5.60. The quantitative estimate of drug-likeness (QED) is 0.888. The molecule has 0 bridgehead atoms. The van der Waals surface area contributed by atoms with Crippen LogP contribution in [0, 0.1) is 0 Å². The van der Waals surface area contributed by atoms with Gasteiger partial charge in [-0.1, -0.05) is 6.07 Å². The Morgan fingerprint density at radius 1 is 1.15 bits per heavy atom. The standard InChI is InChI=1S/C14H20N2O4/c1-14(2,3)20-9-12(17)15-10-6-5-7-11(8-10)16-13(18)19-4/h5-8H,9H2,1-4H3,(H,15,17)(H,16,18). The highest BCUT2D eigenvalue weighted by Crippen LogP contribution is 2.15. The van der Waals surface area contributed by atoms with Crippen molar-refractivity contribution in [1.82, 2.24) is 0 Å². The van der Waals surface area contributed by atoms with Gasteiger partial charge in [0.05, 0.1) is 12.7 Å². The lowest BCUT2D eigenvalue weighted by Gasteiger charge is -2.19. The van der Waals surface area contributed by atoms with E-state index in [1.165, 1.54) is 7.11 Å². The molecule has 1 rings (SSSR count). The highest BCUT2D eigenvalue weighted by Gasteiger charge is 2.13. The highest BCUT2D eigenvalue weighted by molar-refractivity contribution is 5.93. The second kappa shape index (κ2) is 6.91. The molecule has 0 heterocycles. The summed E-state index contributed by atoms with van der Waals surface area (Å²) in [4.78, 5) is 22.8. The van der Waals surface area contributed by atoms with Gasteiger partial charge < -0.3 is 14.8 Å². The molecule has 6 heteroatoms. The summed E-state index contributed by atoms with van der Waals surface area (Å²) in [6.07, 6.45) is -0.565. The number of hydrogen-bond donors (Lipinski definition) is 2. The molecule has 0 aliphatic heterocycles. The molecule has 0 saturated heterocycles. The molecule has 0 atom stereocenters. The van der Waals surface area contributed by atoms with E-state index in [9.17, 15) is 9.59 Å². The van der Waals surface area contributed by atoms with Crippen molar-refractivity contribution in [2.45, 2.75) is 26.4 Å². The molecule has 0 spiro atoms. The Morgan fingerprint density at radius 3 is 2.30 bits per heavy atom. The van der Waals surface area contributed by atoms with Crippen molar-refractivity contribution >= 4 is 23.4 Å². The van der Waals surface area contributed by atoms with Crippen LogP contribution in [0.25, 0.3) is 0 Å². The molecule has 0 fully saturated rings. The van der Waals surface area contributed by atoms with Crippen LogP contribution in [-0.4, -0.2) is 31.3 Å². The van der Waals surface area contributed by atoms with E-state index >= 15 is 0 Å². The number of rotatable bonds is 4. The van der Waals surface area contributed by atoms with Crippen molar-refractivity contribution in [2.75, 3.05) is 24.4 Å². The summed E-state index contributed by atoms with van der Waals surface area (Å²) < 4.78 is 9.87. The molecule has 2 N–H and O–H groups in total. The zero-order chi connectivity index (χ0) is 15.2. The van der Waals surface area contributed by atoms with Crippen LogP contribution < -0.4 is 10.6 Å². The molecule has 6 nitrogen and oxygen atoms in total. The van der Waals surface area contributed by atoms with Gasteiger partial charge in [-0.25, -0.2) is 4.79 Å². The predicted octanol–water partition coefficient (Wildman–Crippen LogP) is 2.62. The number of nitrogens with one attached hydrogen (secondary N) is 2. The second-order valence-electron chi connectivity index (χ2n) is 5.15. The van der Waals surface area contributed by atoms with E-state index in [0.717, 1.165) is 0 Å². The molecule has 2 amide bonds. The number of benzene rings is 1.